The van der Waals surface area contributed by atoms with E-state index in [-0.39, 0.29) is 0 Å². The smallest absolute Gasteiger partial charge is 0.0197 e. The molecule has 4 saturated carbocycles. The van der Waals surface area contributed by atoms with Crippen molar-refractivity contribution in [2.45, 2.75) is 51.0 Å². The van der Waals surface area contributed by atoms with Crippen molar-refractivity contribution >= 4 is 0 Å². The molecule has 5 rings (SSSR count). The Kier molecular flexibility index (Phi) is 3.35. The molecule has 5 fully saturated rings. The normalized spacial score (nSPS) is 50.4. The first-order valence-electron chi connectivity index (χ1n) is 8.70. The predicted octanol–water partition coefficient (Wildman–Crippen LogP) is 2.74. The minimum Gasteiger partial charge on any atom is -0.313 e. The van der Waals surface area contributed by atoms with Crippen LogP contribution in [0.5, 0.6) is 0 Å². The third-order valence-electron chi connectivity index (χ3n) is 6.66. The first-order chi connectivity index (χ1) is 9.28. The van der Waals surface area contributed by atoms with E-state index in [0.717, 1.165) is 35.6 Å². The maximum Gasteiger partial charge on any atom is 0.0197 e. The second-order valence-corrected chi connectivity index (χ2v) is 8.10. The highest BCUT2D eigenvalue weighted by Gasteiger charge is 2.48. The fourth-order valence-electron chi connectivity index (χ4n) is 6.10. The zero-order valence-electron chi connectivity index (χ0n) is 12.5. The van der Waals surface area contributed by atoms with Gasteiger partial charge in [0.05, 0.1) is 0 Å². The minimum absolute atomic E-state index is 0.773. The van der Waals surface area contributed by atoms with Crippen LogP contribution < -0.4 is 5.32 Å². The van der Waals surface area contributed by atoms with E-state index in [1.807, 2.05) is 0 Å². The number of likely N-dealkylation sites (N-methyl/N-ethyl adjacent to an activating group) is 1. The van der Waals surface area contributed by atoms with Crippen LogP contribution in [0.1, 0.15) is 44.9 Å². The molecule has 19 heavy (non-hydrogen) atoms. The summed E-state index contributed by atoms with van der Waals surface area (Å²) >= 11 is 0. The van der Waals surface area contributed by atoms with Gasteiger partial charge in [0.2, 0.25) is 0 Å². The van der Waals surface area contributed by atoms with E-state index in [0.29, 0.717) is 0 Å². The molecule has 0 amide bonds. The van der Waals surface area contributed by atoms with Crippen LogP contribution in [0, 0.1) is 29.6 Å². The van der Waals surface area contributed by atoms with E-state index in [1.165, 1.54) is 32.5 Å². The van der Waals surface area contributed by atoms with Gasteiger partial charge in [0.15, 0.2) is 0 Å². The molecular formula is C17H30N2. The highest BCUT2D eigenvalue weighted by atomic mass is 15.1. The minimum atomic E-state index is 0.773. The van der Waals surface area contributed by atoms with Gasteiger partial charge < -0.3 is 10.2 Å². The Morgan fingerprint density at radius 3 is 2.37 bits per heavy atom. The van der Waals surface area contributed by atoms with Crippen molar-refractivity contribution in [1.29, 1.82) is 0 Å². The standard InChI is InChI=1S/C17H30N2/c1-19-4-2-3-18-16(11-19)10-17-14-6-12-5-13(8-14)9-15(17)7-12/h12-18H,2-11H2,1H3. The third-order valence-corrected chi connectivity index (χ3v) is 6.66. The Morgan fingerprint density at radius 1 is 1.00 bits per heavy atom. The van der Waals surface area contributed by atoms with Crippen molar-refractivity contribution in [2.24, 2.45) is 29.6 Å². The summed E-state index contributed by atoms with van der Waals surface area (Å²) in [7, 11) is 2.30. The number of hydrogen-bond donors (Lipinski definition) is 1. The van der Waals surface area contributed by atoms with E-state index in [2.05, 4.69) is 17.3 Å². The van der Waals surface area contributed by atoms with E-state index in [1.54, 1.807) is 32.1 Å². The molecule has 0 aromatic rings. The van der Waals surface area contributed by atoms with Gasteiger partial charge in [0.1, 0.15) is 0 Å². The highest BCUT2D eigenvalue weighted by molar-refractivity contribution is 4.99. The first kappa shape index (κ1) is 12.6. The van der Waals surface area contributed by atoms with Crippen LogP contribution in [0.3, 0.4) is 0 Å². The van der Waals surface area contributed by atoms with Gasteiger partial charge in [-0.1, -0.05) is 0 Å². The Balaban J connectivity index is 1.42. The molecule has 0 spiro atoms. The van der Waals surface area contributed by atoms with Gasteiger partial charge in [-0.05, 0) is 94.7 Å². The van der Waals surface area contributed by atoms with Gasteiger partial charge in [0.25, 0.3) is 0 Å². The summed E-state index contributed by atoms with van der Waals surface area (Å²) in [5.74, 6) is 5.53. The average molecular weight is 262 g/mol. The van der Waals surface area contributed by atoms with Crippen molar-refractivity contribution in [2.75, 3.05) is 26.7 Å². The zero-order valence-corrected chi connectivity index (χ0v) is 12.5. The number of rotatable bonds is 2. The predicted molar refractivity (Wildman–Crippen MR) is 79.1 cm³/mol. The van der Waals surface area contributed by atoms with Crippen LogP contribution in [0.25, 0.3) is 0 Å². The Labute approximate surface area is 118 Å². The molecule has 2 nitrogen and oxygen atoms in total. The third kappa shape index (κ3) is 2.47. The van der Waals surface area contributed by atoms with Gasteiger partial charge >= 0.3 is 0 Å². The second-order valence-electron chi connectivity index (χ2n) is 8.10. The summed E-state index contributed by atoms with van der Waals surface area (Å²) in [4.78, 5) is 2.54. The lowest BCUT2D eigenvalue weighted by Gasteiger charge is -2.55. The number of nitrogens with one attached hydrogen (secondary N) is 1. The van der Waals surface area contributed by atoms with E-state index >= 15 is 0 Å². The lowest BCUT2D eigenvalue weighted by molar-refractivity contribution is -0.0437. The summed E-state index contributed by atoms with van der Waals surface area (Å²) in [5.41, 5.74) is 0. The second kappa shape index (κ2) is 5.04. The number of hydrogen-bond acceptors (Lipinski definition) is 2. The number of nitrogens with zero attached hydrogens (tertiary/aromatic N) is 1. The summed E-state index contributed by atoms with van der Waals surface area (Å²) < 4.78 is 0. The summed E-state index contributed by atoms with van der Waals surface area (Å²) in [6.45, 7) is 3.80. The van der Waals surface area contributed by atoms with Gasteiger partial charge in [-0.15, -0.1) is 0 Å². The van der Waals surface area contributed by atoms with Crippen LogP contribution in [0.4, 0.5) is 0 Å². The molecule has 4 bridgehead atoms. The fourth-order valence-corrected chi connectivity index (χ4v) is 6.10. The van der Waals surface area contributed by atoms with Crippen LogP contribution >= 0.6 is 0 Å². The van der Waals surface area contributed by atoms with Gasteiger partial charge in [0, 0.05) is 12.6 Å². The quantitative estimate of drug-likeness (QED) is 0.823. The Hall–Kier alpha value is -0.0800. The van der Waals surface area contributed by atoms with Crippen LogP contribution in [0.2, 0.25) is 0 Å². The molecule has 0 radical (unpaired) electrons. The maximum absolute atomic E-state index is 3.83. The summed E-state index contributed by atoms with van der Waals surface area (Å²) in [6, 6.07) is 0.773. The molecule has 1 unspecified atom stereocenters. The van der Waals surface area contributed by atoms with Crippen molar-refractivity contribution in [3.05, 3.63) is 0 Å². The molecule has 0 aromatic carbocycles. The maximum atomic E-state index is 3.83. The SMILES string of the molecule is CN1CCCNC(CC2C3CC4CC(C3)CC2C4)C1. The molecule has 2 heteroatoms. The van der Waals surface area contributed by atoms with Gasteiger partial charge in [-0.25, -0.2) is 0 Å². The van der Waals surface area contributed by atoms with Crippen LogP contribution in [-0.4, -0.2) is 37.6 Å². The van der Waals surface area contributed by atoms with Crippen molar-refractivity contribution in [1.82, 2.24) is 10.2 Å². The zero-order chi connectivity index (χ0) is 12.8. The van der Waals surface area contributed by atoms with E-state index in [9.17, 15) is 0 Å². The van der Waals surface area contributed by atoms with Gasteiger partial charge in [-0.3, -0.25) is 0 Å². The fraction of sp³-hybridized carbons (Fsp3) is 1.00. The highest BCUT2D eigenvalue weighted by Crippen LogP contribution is 2.57. The summed E-state index contributed by atoms with van der Waals surface area (Å²) in [5, 5.41) is 3.83. The Bertz CT molecular complexity index is 299. The molecule has 1 atom stereocenters. The van der Waals surface area contributed by atoms with Gasteiger partial charge in [-0.2, -0.15) is 0 Å². The van der Waals surface area contributed by atoms with E-state index < -0.39 is 0 Å². The lowest BCUT2D eigenvalue weighted by Crippen LogP contribution is -2.48. The van der Waals surface area contributed by atoms with Crippen molar-refractivity contribution in [3.8, 4) is 0 Å². The lowest BCUT2D eigenvalue weighted by atomic mass is 9.51. The van der Waals surface area contributed by atoms with Crippen molar-refractivity contribution < 1.29 is 0 Å². The molecule has 0 aromatic heterocycles. The topological polar surface area (TPSA) is 15.3 Å². The average Bonchev–Trinajstić information content (AvgIpc) is 2.57. The van der Waals surface area contributed by atoms with Crippen molar-refractivity contribution in [3.63, 3.8) is 0 Å². The molecule has 1 N–H and O–H groups in total. The first-order valence-corrected chi connectivity index (χ1v) is 8.70. The van der Waals surface area contributed by atoms with Crippen LogP contribution in [0.15, 0.2) is 0 Å². The molecule has 1 aliphatic heterocycles. The Morgan fingerprint density at radius 2 is 1.68 bits per heavy atom. The molecular weight excluding hydrogens is 232 g/mol. The molecule has 5 aliphatic rings. The molecule has 1 saturated heterocycles. The largest absolute Gasteiger partial charge is 0.313 e. The van der Waals surface area contributed by atoms with E-state index in [4.69, 9.17) is 0 Å². The molecule has 108 valence electrons. The molecule has 1 heterocycles. The molecule has 4 aliphatic carbocycles. The van der Waals surface area contributed by atoms with Crippen LogP contribution in [-0.2, 0) is 0 Å². The monoisotopic (exact) mass is 262 g/mol. The summed E-state index contributed by atoms with van der Waals surface area (Å²) in [6.07, 6.45) is 10.7.